The van der Waals surface area contributed by atoms with Gasteiger partial charge in [-0.15, -0.1) is 10.2 Å². The Morgan fingerprint density at radius 1 is 1.06 bits per heavy atom. The largest absolute Gasteiger partial charge is 0.336 e. The lowest BCUT2D eigenvalue weighted by Crippen LogP contribution is -2.35. The highest BCUT2D eigenvalue weighted by molar-refractivity contribution is 7.99. The molecule has 1 fully saturated rings. The number of imide groups is 1. The predicted molar refractivity (Wildman–Crippen MR) is 133 cm³/mol. The molecule has 5 rings (SSSR count). The Labute approximate surface area is 202 Å². The first-order chi connectivity index (χ1) is 16.5. The number of benzene rings is 3. The van der Waals surface area contributed by atoms with E-state index in [0.29, 0.717) is 24.7 Å². The van der Waals surface area contributed by atoms with Gasteiger partial charge in [-0.2, -0.15) is 0 Å². The lowest BCUT2D eigenvalue weighted by atomic mass is 10.0. The Balaban J connectivity index is 1.51. The molecule has 0 unspecified atom stereocenters. The number of hydrogen-bond acceptors (Lipinski definition) is 5. The van der Waals surface area contributed by atoms with Gasteiger partial charge in [0.15, 0.2) is 5.16 Å². The van der Waals surface area contributed by atoms with E-state index >= 15 is 0 Å². The maximum Gasteiger partial charge on any atom is 0.324 e. The molecule has 8 heteroatoms. The zero-order valence-electron chi connectivity index (χ0n) is 19.1. The molecule has 0 spiro atoms. The number of thioether (sulfide) groups is 1. The lowest BCUT2D eigenvalue weighted by Gasteiger charge is -2.15. The molecule has 0 atom stereocenters. The number of fused-ring (bicyclic) bond motifs is 1. The molecular formula is C26H25N5O2S. The number of nitrogens with one attached hydrogen (secondary N) is 1. The zero-order chi connectivity index (χ0) is 23.7. The van der Waals surface area contributed by atoms with Crippen LogP contribution in [0.2, 0.25) is 0 Å². The van der Waals surface area contributed by atoms with Crippen molar-refractivity contribution >= 4 is 34.5 Å². The minimum absolute atomic E-state index is 0.116. The third kappa shape index (κ3) is 4.28. The second-order valence-corrected chi connectivity index (χ2v) is 9.35. The van der Waals surface area contributed by atoms with Gasteiger partial charge in [0.1, 0.15) is 5.82 Å². The summed E-state index contributed by atoms with van der Waals surface area (Å²) in [6.45, 7) is 5.02. The molecule has 2 heterocycles. The number of urea groups is 1. The van der Waals surface area contributed by atoms with E-state index in [0.717, 1.165) is 22.6 Å². The number of rotatable bonds is 6. The van der Waals surface area contributed by atoms with Crippen molar-refractivity contribution in [3.05, 3.63) is 83.2 Å². The molecule has 172 valence electrons. The fourth-order valence-electron chi connectivity index (χ4n) is 4.34. The van der Waals surface area contributed by atoms with Crippen LogP contribution in [-0.2, 0) is 11.2 Å². The number of carbonyl (C=O) groups excluding carboxylic acids is 2. The Morgan fingerprint density at radius 3 is 2.68 bits per heavy atom. The van der Waals surface area contributed by atoms with Gasteiger partial charge in [-0.05, 0) is 41.8 Å². The van der Waals surface area contributed by atoms with E-state index in [1.807, 2.05) is 16.7 Å². The quantitative estimate of drug-likeness (QED) is 0.425. The lowest BCUT2D eigenvalue weighted by molar-refractivity contribution is -0.124. The second-order valence-electron chi connectivity index (χ2n) is 8.41. The normalized spacial score (nSPS) is 13.5. The first kappa shape index (κ1) is 22.2. The fourth-order valence-corrected chi connectivity index (χ4v) is 5.18. The van der Waals surface area contributed by atoms with Crippen molar-refractivity contribution in [1.82, 2.24) is 25.0 Å². The molecule has 1 aromatic heterocycles. The maximum atomic E-state index is 12.6. The molecule has 0 bridgehead atoms. The molecule has 1 aliphatic rings. The Bertz CT molecular complexity index is 1390. The van der Waals surface area contributed by atoms with Crippen molar-refractivity contribution in [3.8, 4) is 5.69 Å². The molecule has 1 N–H and O–H groups in total. The number of carbonyl (C=O) groups is 2. The third-order valence-corrected chi connectivity index (χ3v) is 6.92. The van der Waals surface area contributed by atoms with E-state index in [1.54, 1.807) is 0 Å². The average Bonchev–Trinajstić information content (AvgIpc) is 3.44. The molecule has 0 radical (unpaired) electrons. The van der Waals surface area contributed by atoms with Crippen LogP contribution in [0.4, 0.5) is 4.79 Å². The van der Waals surface area contributed by atoms with Crippen LogP contribution in [0.15, 0.2) is 65.8 Å². The summed E-state index contributed by atoms with van der Waals surface area (Å²) in [5.74, 6) is 0.688. The molecule has 3 aromatic carbocycles. The molecule has 7 nitrogen and oxygen atoms in total. The maximum absolute atomic E-state index is 12.6. The minimum atomic E-state index is -0.335. The molecule has 34 heavy (non-hydrogen) atoms. The summed E-state index contributed by atoms with van der Waals surface area (Å²) in [6, 6.07) is 20.5. The second kappa shape index (κ2) is 9.30. The molecule has 3 amide bonds. The standard InChI is InChI=1S/C26H25N5O2S/c1-17-10-11-22(18(2)14-17)31-23(15-20-8-5-7-19-6-3-4-9-21(19)20)28-29-26(31)34-16-24(32)30-13-12-27-25(30)33/h3-11,14H,12-13,15-16H2,1-2H3,(H,27,33). The summed E-state index contributed by atoms with van der Waals surface area (Å²) in [5.41, 5.74) is 4.43. The predicted octanol–water partition coefficient (Wildman–Crippen LogP) is 4.27. The van der Waals surface area contributed by atoms with Crippen molar-refractivity contribution in [3.63, 3.8) is 0 Å². The topological polar surface area (TPSA) is 80.1 Å². The number of aromatic nitrogens is 3. The molecule has 1 aliphatic heterocycles. The molecule has 0 aliphatic carbocycles. The summed E-state index contributed by atoms with van der Waals surface area (Å²) >= 11 is 1.30. The molecule has 1 saturated heterocycles. The van der Waals surface area contributed by atoms with Gasteiger partial charge in [-0.3, -0.25) is 14.3 Å². The van der Waals surface area contributed by atoms with Gasteiger partial charge in [0.25, 0.3) is 0 Å². The van der Waals surface area contributed by atoms with Crippen molar-refractivity contribution in [2.24, 2.45) is 0 Å². The summed E-state index contributed by atoms with van der Waals surface area (Å²) in [6.07, 6.45) is 0.602. The summed E-state index contributed by atoms with van der Waals surface area (Å²) in [4.78, 5) is 25.7. The summed E-state index contributed by atoms with van der Waals surface area (Å²) in [7, 11) is 0. The van der Waals surface area contributed by atoms with Crippen LogP contribution in [0.3, 0.4) is 0 Å². The molecule has 4 aromatic rings. The van der Waals surface area contributed by atoms with Gasteiger partial charge < -0.3 is 5.32 Å². The van der Waals surface area contributed by atoms with Crippen LogP contribution in [0.25, 0.3) is 16.5 Å². The Kier molecular flexibility index (Phi) is 6.06. The van der Waals surface area contributed by atoms with E-state index < -0.39 is 0 Å². The van der Waals surface area contributed by atoms with Crippen LogP contribution in [-0.4, -0.2) is 50.4 Å². The number of amides is 3. The van der Waals surface area contributed by atoms with E-state index in [-0.39, 0.29) is 17.7 Å². The van der Waals surface area contributed by atoms with Crippen molar-refractivity contribution < 1.29 is 9.59 Å². The van der Waals surface area contributed by atoms with Crippen molar-refractivity contribution in [2.75, 3.05) is 18.8 Å². The van der Waals surface area contributed by atoms with E-state index in [9.17, 15) is 9.59 Å². The summed E-state index contributed by atoms with van der Waals surface area (Å²) in [5, 5.41) is 14.7. The highest BCUT2D eigenvalue weighted by atomic mass is 32.2. The Hall–Kier alpha value is -3.65. The van der Waals surface area contributed by atoms with E-state index in [1.165, 1.54) is 33.0 Å². The molecular weight excluding hydrogens is 446 g/mol. The van der Waals surface area contributed by atoms with Crippen LogP contribution < -0.4 is 5.32 Å². The number of aryl methyl sites for hydroxylation is 2. The van der Waals surface area contributed by atoms with E-state index in [4.69, 9.17) is 0 Å². The molecule has 0 saturated carbocycles. The van der Waals surface area contributed by atoms with Gasteiger partial charge in [-0.25, -0.2) is 4.79 Å². The van der Waals surface area contributed by atoms with Crippen LogP contribution in [0.1, 0.15) is 22.5 Å². The van der Waals surface area contributed by atoms with Gasteiger partial charge in [0.05, 0.1) is 11.4 Å². The monoisotopic (exact) mass is 471 g/mol. The highest BCUT2D eigenvalue weighted by Gasteiger charge is 2.27. The minimum Gasteiger partial charge on any atom is -0.336 e. The smallest absolute Gasteiger partial charge is 0.324 e. The number of nitrogens with zero attached hydrogens (tertiary/aromatic N) is 4. The third-order valence-electron chi connectivity index (χ3n) is 6.00. The van der Waals surface area contributed by atoms with Crippen LogP contribution in [0.5, 0.6) is 0 Å². The van der Waals surface area contributed by atoms with Gasteiger partial charge in [0, 0.05) is 19.5 Å². The number of hydrogen-bond donors (Lipinski definition) is 1. The first-order valence-corrected chi connectivity index (χ1v) is 12.2. The summed E-state index contributed by atoms with van der Waals surface area (Å²) < 4.78 is 2.04. The average molecular weight is 472 g/mol. The van der Waals surface area contributed by atoms with Gasteiger partial charge >= 0.3 is 6.03 Å². The fraction of sp³-hybridized carbons (Fsp3) is 0.231. The van der Waals surface area contributed by atoms with E-state index in [2.05, 4.69) is 77.9 Å². The van der Waals surface area contributed by atoms with Crippen LogP contribution in [0, 0.1) is 13.8 Å². The SMILES string of the molecule is Cc1ccc(-n2c(Cc3cccc4ccccc34)nnc2SCC(=O)N2CCNC2=O)c(C)c1. The first-order valence-electron chi connectivity index (χ1n) is 11.2. The van der Waals surface area contributed by atoms with Crippen LogP contribution >= 0.6 is 11.8 Å². The van der Waals surface area contributed by atoms with Gasteiger partial charge in [0.2, 0.25) is 5.91 Å². The Morgan fingerprint density at radius 2 is 1.88 bits per heavy atom. The zero-order valence-corrected chi connectivity index (χ0v) is 19.9. The highest BCUT2D eigenvalue weighted by Crippen LogP contribution is 2.28. The van der Waals surface area contributed by atoms with Crippen molar-refractivity contribution in [2.45, 2.75) is 25.4 Å². The van der Waals surface area contributed by atoms with Gasteiger partial charge in [-0.1, -0.05) is 71.9 Å². The van der Waals surface area contributed by atoms with Crippen molar-refractivity contribution in [1.29, 1.82) is 0 Å².